The first-order valence-corrected chi connectivity index (χ1v) is 7.40. The third-order valence-electron chi connectivity index (χ3n) is 2.82. The second-order valence-electron chi connectivity index (χ2n) is 4.18. The smallest absolute Gasteiger partial charge is 0.170 e. The van der Waals surface area contributed by atoms with E-state index in [1.807, 2.05) is 6.07 Å². The Bertz CT molecular complexity index is 656. The van der Waals surface area contributed by atoms with Crippen LogP contribution >= 0.6 is 31.9 Å². The quantitative estimate of drug-likeness (QED) is 0.688. The van der Waals surface area contributed by atoms with E-state index >= 15 is 0 Å². The minimum Gasteiger partial charge on any atom is -0.496 e. The summed E-state index contributed by atoms with van der Waals surface area (Å²) >= 11 is 6.59. The van der Waals surface area contributed by atoms with E-state index in [2.05, 4.69) is 31.9 Å². The Morgan fingerprint density at radius 2 is 1.80 bits per heavy atom. The molecule has 0 aromatic heterocycles. The Balaban J connectivity index is 2.32. The first kappa shape index (κ1) is 15.2. The zero-order valence-electron chi connectivity index (χ0n) is 10.6. The van der Waals surface area contributed by atoms with Crippen LogP contribution in [0.3, 0.4) is 0 Å². The predicted octanol–water partition coefficient (Wildman–Crippen LogP) is 4.78. The van der Waals surface area contributed by atoms with E-state index in [1.165, 1.54) is 19.2 Å². The molecule has 2 nitrogen and oxygen atoms in total. The molecule has 2 aromatic carbocycles. The summed E-state index contributed by atoms with van der Waals surface area (Å²) in [5, 5.41) is 0. The fourth-order valence-electron chi connectivity index (χ4n) is 1.86. The normalized spacial score (nSPS) is 10.4. The van der Waals surface area contributed by atoms with Crippen LogP contribution in [-0.4, -0.2) is 12.9 Å². The monoisotopic (exact) mass is 400 g/mol. The standard InChI is InChI=1S/C15H11Br2FO2/c1-20-15-5-3-10(16)6-9(15)7-14(19)12-8-11(17)2-4-13(12)18/h2-6,8H,7H2,1H3. The van der Waals surface area contributed by atoms with E-state index in [4.69, 9.17) is 4.74 Å². The second-order valence-corrected chi connectivity index (χ2v) is 6.01. The second kappa shape index (κ2) is 6.50. The van der Waals surface area contributed by atoms with Crippen LogP contribution in [0, 0.1) is 5.82 Å². The van der Waals surface area contributed by atoms with Crippen molar-refractivity contribution in [1.82, 2.24) is 0 Å². The fourth-order valence-corrected chi connectivity index (χ4v) is 2.63. The Hall–Kier alpha value is -1.20. The average Bonchev–Trinajstić information content (AvgIpc) is 2.41. The third-order valence-corrected chi connectivity index (χ3v) is 3.81. The molecule has 0 aliphatic rings. The van der Waals surface area contributed by atoms with Gasteiger partial charge in [-0.3, -0.25) is 4.79 Å². The van der Waals surface area contributed by atoms with Gasteiger partial charge in [0, 0.05) is 20.9 Å². The number of hydrogen-bond donors (Lipinski definition) is 0. The van der Waals surface area contributed by atoms with E-state index in [0.29, 0.717) is 15.8 Å². The molecule has 0 heterocycles. The summed E-state index contributed by atoms with van der Waals surface area (Å²) < 4.78 is 20.4. The number of halogens is 3. The van der Waals surface area contributed by atoms with E-state index in [0.717, 1.165) is 4.47 Å². The lowest BCUT2D eigenvalue weighted by Crippen LogP contribution is -2.07. The van der Waals surface area contributed by atoms with Crippen molar-refractivity contribution in [1.29, 1.82) is 0 Å². The first-order valence-electron chi connectivity index (χ1n) is 5.82. The minimum atomic E-state index is -0.521. The highest BCUT2D eigenvalue weighted by atomic mass is 79.9. The van der Waals surface area contributed by atoms with Gasteiger partial charge in [-0.15, -0.1) is 0 Å². The number of benzene rings is 2. The maximum Gasteiger partial charge on any atom is 0.170 e. The molecule has 5 heteroatoms. The topological polar surface area (TPSA) is 26.3 Å². The molecule has 0 saturated carbocycles. The van der Waals surface area contributed by atoms with Gasteiger partial charge in [-0.1, -0.05) is 31.9 Å². The van der Waals surface area contributed by atoms with Crippen molar-refractivity contribution in [2.45, 2.75) is 6.42 Å². The molecule has 0 spiro atoms. The number of ether oxygens (including phenoxy) is 1. The molecule has 0 aliphatic carbocycles. The van der Waals surface area contributed by atoms with Crippen molar-refractivity contribution in [3.63, 3.8) is 0 Å². The van der Waals surface area contributed by atoms with Crippen LogP contribution in [0.1, 0.15) is 15.9 Å². The molecule has 0 N–H and O–H groups in total. The van der Waals surface area contributed by atoms with Gasteiger partial charge in [0.05, 0.1) is 12.7 Å². The van der Waals surface area contributed by atoms with Crippen LogP contribution in [0.15, 0.2) is 45.3 Å². The molecule has 0 aliphatic heterocycles. The maximum absolute atomic E-state index is 13.7. The van der Waals surface area contributed by atoms with E-state index in [9.17, 15) is 9.18 Å². The average molecular weight is 402 g/mol. The molecule has 104 valence electrons. The number of methoxy groups -OCH3 is 1. The van der Waals surface area contributed by atoms with Gasteiger partial charge in [0.25, 0.3) is 0 Å². The molecule has 0 unspecified atom stereocenters. The van der Waals surface area contributed by atoms with Gasteiger partial charge < -0.3 is 4.74 Å². The summed E-state index contributed by atoms with van der Waals surface area (Å²) in [6, 6.07) is 9.71. The van der Waals surface area contributed by atoms with Gasteiger partial charge in [-0.05, 0) is 36.4 Å². The maximum atomic E-state index is 13.7. The number of Topliss-reactive ketones (excluding diaryl/α,β-unsaturated/α-hetero) is 1. The summed E-state index contributed by atoms with van der Waals surface area (Å²) in [6.07, 6.45) is 0.0794. The molecule has 0 radical (unpaired) electrons. The largest absolute Gasteiger partial charge is 0.496 e. The fraction of sp³-hybridized carbons (Fsp3) is 0.133. The number of ketones is 1. The Morgan fingerprint density at radius 1 is 1.15 bits per heavy atom. The van der Waals surface area contributed by atoms with Gasteiger partial charge in [0.15, 0.2) is 5.78 Å². The molecule has 2 rings (SSSR count). The number of carbonyl (C=O) groups excluding carboxylic acids is 1. The number of hydrogen-bond acceptors (Lipinski definition) is 2. The number of carbonyl (C=O) groups is 1. The van der Waals surface area contributed by atoms with Crippen molar-refractivity contribution in [3.05, 3.63) is 62.3 Å². The summed E-state index contributed by atoms with van der Waals surface area (Å²) in [7, 11) is 1.54. The number of rotatable bonds is 4. The van der Waals surface area contributed by atoms with Crippen LogP contribution < -0.4 is 4.74 Å². The van der Waals surface area contributed by atoms with Crippen molar-refractivity contribution in [2.75, 3.05) is 7.11 Å². The highest BCUT2D eigenvalue weighted by Gasteiger charge is 2.15. The molecule has 0 saturated heterocycles. The minimum absolute atomic E-state index is 0.0707. The Labute approximate surface area is 133 Å². The summed E-state index contributed by atoms with van der Waals surface area (Å²) in [4.78, 5) is 12.2. The lowest BCUT2D eigenvalue weighted by Gasteiger charge is -2.09. The molecule has 0 bridgehead atoms. The molecule has 2 aromatic rings. The molecular weight excluding hydrogens is 391 g/mol. The lowest BCUT2D eigenvalue weighted by molar-refractivity contribution is 0.0988. The van der Waals surface area contributed by atoms with E-state index < -0.39 is 5.82 Å². The van der Waals surface area contributed by atoms with Crippen LogP contribution in [-0.2, 0) is 6.42 Å². The van der Waals surface area contributed by atoms with Gasteiger partial charge in [-0.2, -0.15) is 0 Å². The predicted molar refractivity (Wildman–Crippen MR) is 82.8 cm³/mol. The van der Waals surface area contributed by atoms with Gasteiger partial charge in [0.2, 0.25) is 0 Å². The summed E-state index contributed by atoms with van der Waals surface area (Å²) in [5.74, 6) is -0.204. The summed E-state index contributed by atoms with van der Waals surface area (Å²) in [5.41, 5.74) is 0.785. The third kappa shape index (κ3) is 3.46. The van der Waals surface area contributed by atoms with Crippen LogP contribution in [0.2, 0.25) is 0 Å². The highest BCUT2D eigenvalue weighted by molar-refractivity contribution is 9.10. The summed E-state index contributed by atoms with van der Waals surface area (Å²) in [6.45, 7) is 0. The molecular formula is C15H11Br2FO2. The molecule has 0 atom stereocenters. The van der Waals surface area contributed by atoms with E-state index in [1.54, 1.807) is 18.2 Å². The van der Waals surface area contributed by atoms with Crippen LogP contribution in [0.4, 0.5) is 4.39 Å². The van der Waals surface area contributed by atoms with Crippen molar-refractivity contribution in [3.8, 4) is 5.75 Å². The van der Waals surface area contributed by atoms with Crippen molar-refractivity contribution in [2.24, 2.45) is 0 Å². The zero-order chi connectivity index (χ0) is 14.7. The lowest BCUT2D eigenvalue weighted by atomic mass is 10.0. The van der Waals surface area contributed by atoms with Gasteiger partial charge in [0.1, 0.15) is 11.6 Å². The molecule has 0 amide bonds. The highest BCUT2D eigenvalue weighted by Crippen LogP contribution is 2.25. The Morgan fingerprint density at radius 3 is 2.50 bits per heavy atom. The van der Waals surface area contributed by atoms with Crippen LogP contribution in [0.25, 0.3) is 0 Å². The van der Waals surface area contributed by atoms with Gasteiger partial charge in [-0.25, -0.2) is 4.39 Å². The SMILES string of the molecule is COc1ccc(Br)cc1CC(=O)c1cc(Br)ccc1F. The molecule has 20 heavy (non-hydrogen) atoms. The molecule has 0 fully saturated rings. The van der Waals surface area contributed by atoms with Crippen molar-refractivity contribution < 1.29 is 13.9 Å². The first-order chi connectivity index (χ1) is 9.51. The van der Waals surface area contributed by atoms with Crippen molar-refractivity contribution >= 4 is 37.6 Å². The van der Waals surface area contributed by atoms with Gasteiger partial charge >= 0.3 is 0 Å². The van der Waals surface area contributed by atoms with Crippen LogP contribution in [0.5, 0.6) is 5.75 Å². The zero-order valence-corrected chi connectivity index (χ0v) is 13.8. The Kier molecular flexibility index (Phi) is 4.94. The van der Waals surface area contributed by atoms with E-state index in [-0.39, 0.29) is 17.8 Å².